The molecule has 4 rings (SSSR count). The van der Waals surface area contributed by atoms with Crippen LogP contribution in [0.25, 0.3) is 10.2 Å². The first-order valence-corrected chi connectivity index (χ1v) is 14.2. The molecule has 12 heteroatoms. The molecule has 9 nitrogen and oxygen atoms in total. The van der Waals surface area contributed by atoms with Crippen molar-refractivity contribution < 1.29 is 22.7 Å². The minimum absolute atomic E-state index is 0. The van der Waals surface area contributed by atoms with E-state index in [1.807, 2.05) is 38.1 Å². The molecule has 0 saturated carbocycles. The number of likely N-dealkylation sites (N-methyl/N-ethyl adjacent to an activating group) is 1. The number of unbranched alkanes of at least 4 members (excludes halogenated alkanes) is 1. The molecule has 1 aromatic heterocycles. The second kappa shape index (κ2) is 12.4. The molecule has 0 radical (unpaired) electrons. The highest BCUT2D eigenvalue weighted by Crippen LogP contribution is 2.39. The number of rotatable bonds is 10. The summed E-state index contributed by atoms with van der Waals surface area (Å²) in [7, 11) is 1.86. The van der Waals surface area contributed by atoms with Gasteiger partial charge in [0.05, 0.1) is 15.1 Å². The van der Waals surface area contributed by atoms with Crippen molar-refractivity contribution >= 4 is 55.0 Å². The molecule has 3 aromatic rings. The number of thiazole rings is 1. The molecular weight excluding hydrogens is 536 g/mol. The summed E-state index contributed by atoms with van der Waals surface area (Å²) in [5, 5.41) is 0.565. The van der Waals surface area contributed by atoms with Crippen molar-refractivity contribution in [3.8, 4) is 11.5 Å². The average molecular weight is 569 g/mol. The van der Waals surface area contributed by atoms with Crippen LogP contribution in [0.1, 0.15) is 30.1 Å². The number of halogens is 1. The van der Waals surface area contributed by atoms with E-state index in [1.165, 1.54) is 27.8 Å². The minimum Gasteiger partial charge on any atom is -0.486 e. The molecule has 0 fully saturated rings. The Kier molecular flexibility index (Phi) is 9.76. The molecule has 0 unspecified atom stereocenters. The zero-order chi connectivity index (χ0) is 25.9. The van der Waals surface area contributed by atoms with Gasteiger partial charge in [-0.3, -0.25) is 9.69 Å². The Bertz CT molecular complexity index is 1290. The zero-order valence-electron chi connectivity index (χ0n) is 21.5. The maximum Gasteiger partial charge on any atom is 0.260 e. The van der Waals surface area contributed by atoms with Crippen LogP contribution < -0.4 is 14.4 Å². The van der Waals surface area contributed by atoms with Crippen LogP contribution in [0.2, 0.25) is 0 Å². The van der Waals surface area contributed by atoms with Gasteiger partial charge in [-0.05, 0) is 44.8 Å². The van der Waals surface area contributed by atoms with Gasteiger partial charge < -0.3 is 14.4 Å². The first-order valence-electron chi connectivity index (χ1n) is 11.9. The third kappa shape index (κ3) is 6.53. The van der Waals surface area contributed by atoms with Gasteiger partial charge in [0.1, 0.15) is 13.2 Å². The Morgan fingerprint density at radius 3 is 2.27 bits per heavy atom. The molecule has 2 heterocycles. The van der Waals surface area contributed by atoms with E-state index in [9.17, 15) is 13.2 Å². The first-order chi connectivity index (χ1) is 17.2. The Labute approximate surface area is 228 Å². The Balaban J connectivity index is 0.00000380. The van der Waals surface area contributed by atoms with Gasteiger partial charge in [-0.15, -0.1) is 12.4 Å². The topological polar surface area (TPSA) is 92.3 Å². The highest BCUT2D eigenvalue weighted by Gasteiger charge is 2.25. The number of nitrogens with zero attached hydrogens (tertiary/aromatic N) is 4. The fourth-order valence-electron chi connectivity index (χ4n) is 3.76. The molecule has 1 aliphatic rings. The molecule has 202 valence electrons. The molecule has 37 heavy (non-hydrogen) atoms. The second-order valence-corrected chi connectivity index (χ2v) is 12.0. The van der Waals surface area contributed by atoms with Crippen molar-refractivity contribution in [1.29, 1.82) is 0 Å². The molecule has 1 aliphatic heterocycles. The van der Waals surface area contributed by atoms with Crippen molar-refractivity contribution in [1.82, 2.24) is 14.2 Å². The van der Waals surface area contributed by atoms with E-state index in [-0.39, 0.29) is 23.2 Å². The van der Waals surface area contributed by atoms with Crippen molar-refractivity contribution in [3.05, 3.63) is 42.0 Å². The number of anilines is 1. The third-order valence-electron chi connectivity index (χ3n) is 5.92. The van der Waals surface area contributed by atoms with Gasteiger partial charge >= 0.3 is 0 Å². The van der Waals surface area contributed by atoms with Crippen LogP contribution in [0.4, 0.5) is 5.13 Å². The van der Waals surface area contributed by atoms with E-state index in [0.29, 0.717) is 55.0 Å². The summed E-state index contributed by atoms with van der Waals surface area (Å²) in [6, 6.07) is 9.87. The van der Waals surface area contributed by atoms with Crippen molar-refractivity contribution in [3.63, 3.8) is 0 Å². The summed E-state index contributed by atoms with van der Waals surface area (Å²) in [5.41, 5.74) is 1.13. The van der Waals surface area contributed by atoms with Gasteiger partial charge in [0.15, 0.2) is 16.6 Å². The molecular formula is C25H33ClN4O5S2. The van der Waals surface area contributed by atoms with Gasteiger partial charge in [0.2, 0.25) is 10.0 Å². The largest absolute Gasteiger partial charge is 0.486 e. The van der Waals surface area contributed by atoms with Crippen LogP contribution in [0.15, 0.2) is 41.3 Å². The van der Waals surface area contributed by atoms with Crippen molar-refractivity contribution in [2.24, 2.45) is 0 Å². The second-order valence-electron chi connectivity index (χ2n) is 8.92. The van der Waals surface area contributed by atoms with E-state index in [4.69, 9.17) is 14.5 Å². The lowest BCUT2D eigenvalue weighted by atomic mass is 10.2. The smallest absolute Gasteiger partial charge is 0.260 e. The van der Waals surface area contributed by atoms with Gasteiger partial charge in [0, 0.05) is 44.4 Å². The standard InChI is InChI=1S/C25H32N4O5S2.ClH/c1-5-6-11-28(4)36(31,32)19-9-7-18(8-10-19)24(30)29(13-12-27(2)3)25-26-20-16-21-22(17-23(20)35-25)34-15-14-33-21;/h7-10,16-17H,5-6,11-15H2,1-4H3;1H. The summed E-state index contributed by atoms with van der Waals surface area (Å²) >= 11 is 1.41. The molecule has 2 aromatic carbocycles. The van der Waals surface area contributed by atoms with Gasteiger partial charge in [-0.2, -0.15) is 0 Å². The normalized spacial score (nSPS) is 13.1. The van der Waals surface area contributed by atoms with Crippen LogP contribution in [0.3, 0.4) is 0 Å². The fourth-order valence-corrected chi connectivity index (χ4v) is 5.97. The minimum atomic E-state index is -3.61. The van der Waals surface area contributed by atoms with Crippen molar-refractivity contribution in [2.75, 3.05) is 58.9 Å². The number of sulfonamides is 1. The molecule has 0 aliphatic carbocycles. The van der Waals surface area contributed by atoms with Crippen LogP contribution in [0.5, 0.6) is 11.5 Å². The van der Waals surface area contributed by atoms with Gasteiger partial charge in [0.25, 0.3) is 5.91 Å². The third-order valence-corrected chi connectivity index (χ3v) is 8.84. The Hall–Kier alpha value is -2.44. The van der Waals surface area contributed by atoms with E-state index in [2.05, 4.69) is 0 Å². The van der Waals surface area contributed by atoms with E-state index < -0.39 is 10.0 Å². The number of benzene rings is 2. The SMILES string of the molecule is CCCCN(C)S(=O)(=O)c1ccc(C(=O)N(CCN(C)C)c2nc3cc4c(cc3s2)OCCO4)cc1.Cl. The van der Waals surface area contributed by atoms with E-state index in [0.717, 1.165) is 23.1 Å². The fraction of sp³-hybridized carbons (Fsp3) is 0.440. The van der Waals surface area contributed by atoms with E-state index >= 15 is 0 Å². The predicted octanol–water partition coefficient (Wildman–Crippen LogP) is 4.12. The summed E-state index contributed by atoms with van der Waals surface area (Å²) in [5.74, 6) is 1.09. The summed E-state index contributed by atoms with van der Waals surface area (Å²) < 4.78 is 39.3. The summed E-state index contributed by atoms with van der Waals surface area (Å²) in [4.78, 5) is 22.1. The maximum atomic E-state index is 13.6. The lowest BCUT2D eigenvalue weighted by Crippen LogP contribution is -2.36. The molecule has 0 saturated heterocycles. The maximum absolute atomic E-state index is 13.6. The average Bonchev–Trinajstić information content (AvgIpc) is 3.27. The number of ether oxygens (including phenoxy) is 2. The summed E-state index contributed by atoms with van der Waals surface area (Å²) in [6.45, 7) is 4.52. The van der Waals surface area contributed by atoms with E-state index in [1.54, 1.807) is 24.1 Å². The highest BCUT2D eigenvalue weighted by molar-refractivity contribution is 7.89. The molecule has 0 N–H and O–H groups in total. The van der Waals surface area contributed by atoms with Crippen LogP contribution in [-0.4, -0.2) is 82.5 Å². The van der Waals surface area contributed by atoms with Crippen LogP contribution >= 0.6 is 23.7 Å². The van der Waals surface area contributed by atoms with Crippen LogP contribution in [-0.2, 0) is 10.0 Å². The van der Waals surface area contributed by atoms with Crippen molar-refractivity contribution in [2.45, 2.75) is 24.7 Å². The Morgan fingerprint density at radius 2 is 1.65 bits per heavy atom. The number of carbonyl (C=O) groups is 1. The van der Waals surface area contributed by atoms with Gasteiger partial charge in [-0.25, -0.2) is 17.7 Å². The lowest BCUT2D eigenvalue weighted by molar-refractivity contribution is 0.0985. The lowest BCUT2D eigenvalue weighted by Gasteiger charge is -2.22. The highest BCUT2D eigenvalue weighted by atomic mass is 35.5. The molecule has 1 amide bonds. The predicted molar refractivity (Wildman–Crippen MR) is 149 cm³/mol. The molecule has 0 spiro atoms. The quantitative estimate of drug-likeness (QED) is 0.363. The number of fused-ring (bicyclic) bond motifs is 2. The molecule has 0 atom stereocenters. The number of amides is 1. The number of hydrogen-bond acceptors (Lipinski definition) is 8. The molecule has 0 bridgehead atoms. The number of carbonyl (C=O) groups excluding carboxylic acids is 1. The number of aromatic nitrogens is 1. The first kappa shape index (κ1) is 29.1. The Morgan fingerprint density at radius 1 is 1.00 bits per heavy atom. The zero-order valence-corrected chi connectivity index (χ0v) is 23.9. The number of hydrogen-bond donors (Lipinski definition) is 0. The summed E-state index contributed by atoms with van der Waals surface area (Å²) in [6.07, 6.45) is 1.70. The van der Waals surface area contributed by atoms with Gasteiger partial charge in [-0.1, -0.05) is 24.7 Å². The monoisotopic (exact) mass is 568 g/mol. The van der Waals surface area contributed by atoms with Crippen LogP contribution in [0, 0.1) is 0 Å².